The number of hydrogen-bond donors (Lipinski definition) is 3. The molecule has 0 heterocycles. The van der Waals surface area contributed by atoms with Crippen molar-refractivity contribution in [3.05, 3.63) is 35.9 Å². The van der Waals surface area contributed by atoms with Gasteiger partial charge in [-0.2, -0.15) is 0 Å². The maximum atomic E-state index is 12.3. The quantitative estimate of drug-likeness (QED) is 0.690. The molecule has 0 fully saturated rings. The van der Waals surface area contributed by atoms with E-state index < -0.39 is 29.2 Å². The predicted octanol–water partition coefficient (Wildman–Crippen LogP) is 0.799. The highest BCUT2D eigenvalue weighted by Gasteiger charge is 2.32. The number of amides is 2. The first kappa shape index (κ1) is 16.7. The molecule has 1 atom stereocenters. The van der Waals surface area contributed by atoms with Crippen molar-refractivity contribution < 1.29 is 19.5 Å². The number of carbonyl (C=O) groups excluding carboxylic acids is 2. The van der Waals surface area contributed by atoms with E-state index in [1.165, 1.54) is 0 Å². The maximum absolute atomic E-state index is 12.3. The van der Waals surface area contributed by atoms with Gasteiger partial charge in [0.1, 0.15) is 6.04 Å². The number of nitrogens with one attached hydrogen (secondary N) is 1. The Morgan fingerprint density at radius 3 is 2.29 bits per heavy atom. The van der Waals surface area contributed by atoms with Crippen molar-refractivity contribution in [2.24, 2.45) is 5.73 Å². The SMILES string of the molecule is CC(C)(C(=O)N[C@H](CCC(N)=O)C(=O)O)c1ccccc1. The molecular weight excluding hydrogens is 272 g/mol. The van der Waals surface area contributed by atoms with Crippen molar-refractivity contribution in [2.45, 2.75) is 38.1 Å². The molecule has 0 unspecified atom stereocenters. The van der Waals surface area contributed by atoms with E-state index in [0.717, 1.165) is 5.56 Å². The smallest absolute Gasteiger partial charge is 0.326 e. The second-order valence-corrected chi connectivity index (χ2v) is 5.36. The van der Waals surface area contributed by atoms with Gasteiger partial charge in [-0.15, -0.1) is 0 Å². The second kappa shape index (κ2) is 6.88. The van der Waals surface area contributed by atoms with Crippen molar-refractivity contribution in [1.29, 1.82) is 0 Å². The lowest BCUT2D eigenvalue weighted by Crippen LogP contribution is -2.48. The van der Waals surface area contributed by atoms with E-state index in [1.807, 2.05) is 18.2 Å². The van der Waals surface area contributed by atoms with E-state index in [9.17, 15) is 14.4 Å². The van der Waals surface area contributed by atoms with Gasteiger partial charge in [0.05, 0.1) is 5.41 Å². The van der Waals surface area contributed by atoms with Gasteiger partial charge in [0, 0.05) is 6.42 Å². The molecule has 0 aliphatic carbocycles. The van der Waals surface area contributed by atoms with Crippen LogP contribution in [-0.2, 0) is 19.8 Å². The molecule has 0 aliphatic rings. The molecule has 1 aromatic rings. The minimum absolute atomic E-state index is 0.0265. The Kier molecular flexibility index (Phi) is 5.46. The summed E-state index contributed by atoms with van der Waals surface area (Å²) in [6, 6.07) is 7.94. The third-order valence-electron chi connectivity index (χ3n) is 3.35. The summed E-state index contributed by atoms with van der Waals surface area (Å²) in [6.45, 7) is 3.43. The molecule has 0 aliphatic heterocycles. The van der Waals surface area contributed by atoms with Crippen LogP contribution >= 0.6 is 0 Å². The average molecular weight is 292 g/mol. The molecule has 1 aromatic carbocycles. The molecule has 4 N–H and O–H groups in total. The monoisotopic (exact) mass is 292 g/mol. The fourth-order valence-electron chi connectivity index (χ4n) is 1.87. The van der Waals surface area contributed by atoms with Crippen LogP contribution < -0.4 is 11.1 Å². The molecule has 21 heavy (non-hydrogen) atoms. The minimum atomic E-state index is -1.19. The van der Waals surface area contributed by atoms with Crippen molar-refractivity contribution in [1.82, 2.24) is 5.32 Å². The van der Waals surface area contributed by atoms with Crippen LogP contribution in [0.15, 0.2) is 30.3 Å². The predicted molar refractivity (Wildman–Crippen MR) is 77.5 cm³/mol. The summed E-state index contributed by atoms with van der Waals surface area (Å²) in [7, 11) is 0. The lowest BCUT2D eigenvalue weighted by molar-refractivity contribution is -0.143. The highest BCUT2D eigenvalue weighted by molar-refractivity contribution is 5.91. The van der Waals surface area contributed by atoms with Crippen LogP contribution in [0.4, 0.5) is 0 Å². The Labute approximate surface area is 123 Å². The minimum Gasteiger partial charge on any atom is -0.480 e. The molecule has 2 amide bonds. The van der Waals surface area contributed by atoms with Crippen LogP contribution in [0.1, 0.15) is 32.3 Å². The maximum Gasteiger partial charge on any atom is 0.326 e. The lowest BCUT2D eigenvalue weighted by Gasteiger charge is -2.26. The fraction of sp³-hybridized carbons (Fsp3) is 0.400. The number of carbonyl (C=O) groups is 3. The van der Waals surface area contributed by atoms with E-state index in [4.69, 9.17) is 10.8 Å². The van der Waals surface area contributed by atoms with Gasteiger partial charge >= 0.3 is 5.97 Å². The molecule has 1 rings (SSSR count). The number of aliphatic carboxylic acids is 1. The standard InChI is InChI=1S/C15H20N2O4/c1-15(2,10-6-4-3-5-7-10)14(21)17-11(13(19)20)8-9-12(16)18/h3-7,11H,8-9H2,1-2H3,(H2,16,18)(H,17,21)(H,19,20)/t11-/m1/s1. The van der Waals surface area contributed by atoms with Crippen molar-refractivity contribution in [3.8, 4) is 0 Å². The third-order valence-corrected chi connectivity index (χ3v) is 3.35. The number of benzene rings is 1. The van der Waals surface area contributed by atoms with Crippen LogP contribution in [0.5, 0.6) is 0 Å². The molecule has 0 radical (unpaired) electrons. The molecule has 0 bridgehead atoms. The molecule has 0 saturated heterocycles. The summed E-state index contributed by atoms with van der Waals surface area (Å²) in [6.07, 6.45) is -0.121. The Hall–Kier alpha value is -2.37. The van der Waals surface area contributed by atoms with Gasteiger partial charge in [-0.25, -0.2) is 4.79 Å². The molecule has 0 spiro atoms. The van der Waals surface area contributed by atoms with Crippen LogP contribution in [-0.4, -0.2) is 28.9 Å². The molecule has 6 nitrogen and oxygen atoms in total. The Bertz CT molecular complexity index is 526. The van der Waals surface area contributed by atoms with Gasteiger partial charge < -0.3 is 16.2 Å². The number of primary amides is 1. The van der Waals surface area contributed by atoms with Gasteiger partial charge in [-0.05, 0) is 25.8 Å². The Morgan fingerprint density at radius 1 is 1.24 bits per heavy atom. The molecular formula is C15H20N2O4. The molecule has 0 saturated carbocycles. The highest BCUT2D eigenvalue weighted by atomic mass is 16.4. The number of rotatable bonds is 7. The first-order valence-corrected chi connectivity index (χ1v) is 6.62. The van der Waals surface area contributed by atoms with Crippen molar-refractivity contribution in [2.75, 3.05) is 0 Å². The van der Waals surface area contributed by atoms with Crippen molar-refractivity contribution in [3.63, 3.8) is 0 Å². The van der Waals surface area contributed by atoms with Crippen LogP contribution in [0, 0.1) is 0 Å². The van der Waals surface area contributed by atoms with Crippen LogP contribution in [0.3, 0.4) is 0 Å². The summed E-state index contributed by atoms with van der Waals surface area (Å²) in [5.41, 5.74) is 4.91. The summed E-state index contributed by atoms with van der Waals surface area (Å²) in [4.78, 5) is 34.2. The lowest BCUT2D eigenvalue weighted by atomic mass is 9.83. The van der Waals surface area contributed by atoms with E-state index in [-0.39, 0.29) is 12.8 Å². The average Bonchev–Trinajstić information content (AvgIpc) is 2.43. The normalized spacial score (nSPS) is 12.5. The van der Waals surface area contributed by atoms with Gasteiger partial charge in [0.15, 0.2) is 0 Å². The molecule has 0 aromatic heterocycles. The van der Waals surface area contributed by atoms with Crippen molar-refractivity contribution >= 4 is 17.8 Å². The zero-order valence-electron chi connectivity index (χ0n) is 12.1. The second-order valence-electron chi connectivity index (χ2n) is 5.36. The first-order chi connectivity index (χ1) is 9.75. The van der Waals surface area contributed by atoms with Gasteiger partial charge in [-0.1, -0.05) is 30.3 Å². The van der Waals surface area contributed by atoms with Gasteiger partial charge in [0.25, 0.3) is 0 Å². The number of carboxylic acid groups (broad SMARTS) is 1. The highest BCUT2D eigenvalue weighted by Crippen LogP contribution is 2.23. The van der Waals surface area contributed by atoms with Gasteiger partial charge in [0.2, 0.25) is 11.8 Å². The molecule has 6 heteroatoms. The van der Waals surface area contributed by atoms with Gasteiger partial charge in [-0.3, -0.25) is 9.59 Å². The zero-order chi connectivity index (χ0) is 16.0. The molecule has 114 valence electrons. The summed E-state index contributed by atoms with van der Waals surface area (Å²) in [5, 5.41) is 11.6. The van der Waals surface area contributed by atoms with Crippen LogP contribution in [0.25, 0.3) is 0 Å². The number of hydrogen-bond acceptors (Lipinski definition) is 3. The summed E-state index contributed by atoms with van der Waals surface area (Å²) < 4.78 is 0. The fourth-order valence-corrected chi connectivity index (χ4v) is 1.87. The van der Waals surface area contributed by atoms with E-state index in [2.05, 4.69) is 5.32 Å². The largest absolute Gasteiger partial charge is 0.480 e. The summed E-state index contributed by atoms with van der Waals surface area (Å²) >= 11 is 0. The Morgan fingerprint density at radius 2 is 1.81 bits per heavy atom. The first-order valence-electron chi connectivity index (χ1n) is 6.62. The van der Waals surface area contributed by atoms with E-state index >= 15 is 0 Å². The number of nitrogens with two attached hydrogens (primary N) is 1. The van der Waals surface area contributed by atoms with E-state index in [0.29, 0.717) is 0 Å². The zero-order valence-corrected chi connectivity index (χ0v) is 12.1. The third kappa shape index (κ3) is 4.59. The topological polar surface area (TPSA) is 109 Å². The Balaban J connectivity index is 2.81. The van der Waals surface area contributed by atoms with E-state index in [1.54, 1.807) is 26.0 Å². The van der Waals surface area contributed by atoms with Crippen LogP contribution in [0.2, 0.25) is 0 Å². The summed E-state index contributed by atoms with van der Waals surface area (Å²) in [5.74, 6) is -2.20. The number of carboxylic acids is 1.